The van der Waals surface area contributed by atoms with Crippen LogP contribution in [0.1, 0.15) is 0 Å². The Kier molecular flexibility index (Phi) is 7.62. The van der Waals surface area contributed by atoms with Crippen molar-refractivity contribution in [1.29, 1.82) is 0 Å². The molecular weight excluding hydrogens is 741 g/mol. The number of nitrogens with zero attached hydrogens (tertiary/aromatic N) is 2. The second-order valence-electron chi connectivity index (χ2n) is 14.9. The normalized spacial score (nSPS) is 11.8. The van der Waals surface area contributed by atoms with E-state index < -0.39 is 0 Å². The summed E-state index contributed by atoms with van der Waals surface area (Å²) in [4.78, 5) is 2.49. The maximum atomic E-state index is 2.49. The van der Waals surface area contributed by atoms with E-state index in [1.807, 2.05) is 22.7 Å². The minimum absolute atomic E-state index is 1.11. The van der Waals surface area contributed by atoms with Crippen molar-refractivity contribution >= 4 is 102 Å². The highest BCUT2D eigenvalue weighted by atomic mass is 32.1. The van der Waals surface area contributed by atoms with Crippen LogP contribution < -0.4 is 4.90 Å². The molecule has 0 aliphatic heterocycles. The largest absolute Gasteiger partial charge is 0.309 e. The minimum Gasteiger partial charge on any atom is -0.309 e. The lowest BCUT2D eigenvalue weighted by Crippen LogP contribution is -2.11. The SMILES string of the molecule is c1ccc(-c2ccccc2N(c2ccc3c4ccccc4n(-c4ccccc4-c4ccc5sc6ccccc6c5c4)c3c2)c2cccc3c2sc2ccccc23)cc1. The molecule has 0 saturated carbocycles. The summed E-state index contributed by atoms with van der Waals surface area (Å²) in [7, 11) is 0. The number of thiophene rings is 2. The summed E-state index contributed by atoms with van der Waals surface area (Å²) >= 11 is 3.73. The third-order valence-electron chi connectivity index (χ3n) is 11.6. The monoisotopic (exact) mass is 774 g/mol. The number of fused-ring (bicyclic) bond motifs is 9. The van der Waals surface area contributed by atoms with E-state index in [2.05, 4.69) is 216 Å². The Labute approximate surface area is 343 Å². The van der Waals surface area contributed by atoms with Crippen LogP contribution in [0.25, 0.3) is 90.1 Å². The Morgan fingerprint density at radius 1 is 0.345 bits per heavy atom. The summed E-state index contributed by atoms with van der Waals surface area (Å²) < 4.78 is 7.69. The molecule has 0 spiro atoms. The molecule has 58 heavy (non-hydrogen) atoms. The second-order valence-corrected chi connectivity index (χ2v) is 17.0. The van der Waals surface area contributed by atoms with Crippen molar-refractivity contribution in [3.05, 3.63) is 206 Å². The molecule has 4 heteroatoms. The van der Waals surface area contributed by atoms with Crippen molar-refractivity contribution in [3.63, 3.8) is 0 Å². The van der Waals surface area contributed by atoms with Crippen LogP contribution >= 0.6 is 22.7 Å². The van der Waals surface area contributed by atoms with Crippen LogP contribution in [-0.4, -0.2) is 4.57 Å². The van der Waals surface area contributed by atoms with E-state index in [1.165, 1.54) is 90.1 Å². The molecule has 3 heterocycles. The van der Waals surface area contributed by atoms with E-state index >= 15 is 0 Å². The van der Waals surface area contributed by atoms with Gasteiger partial charge in [-0.05, 0) is 71.8 Å². The number of rotatable bonds is 6. The lowest BCUT2D eigenvalue weighted by atomic mass is 10.0. The highest BCUT2D eigenvalue weighted by molar-refractivity contribution is 7.26. The van der Waals surface area contributed by atoms with Crippen LogP contribution in [0, 0.1) is 0 Å². The Morgan fingerprint density at radius 3 is 1.83 bits per heavy atom. The van der Waals surface area contributed by atoms with Crippen molar-refractivity contribution < 1.29 is 0 Å². The molecule has 9 aromatic carbocycles. The first-order chi connectivity index (χ1) is 28.8. The Balaban J connectivity index is 1.13. The maximum Gasteiger partial charge on any atom is 0.0640 e. The molecule has 2 nitrogen and oxygen atoms in total. The highest BCUT2D eigenvalue weighted by Gasteiger charge is 2.23. The molecule has 0 N–H and O–H groups in total. The van der Waals surface area contributed by atoms with Gasteiger partial charge in [-0.3, -0.25) is 0 Å². The molecule has 0 fully saturated rings. The van der Waals surface area contributed by atoms with Crippen LogP contribution in [0.5, 0.6) is 0 Å². The number of benzene rings is 9. The van der Waals surface area contributed by atoms with E-state index in [-0.39, 0.29) is 0 Å². The van der Waals surface area contributed by atoms with Crippen LogP contribution in [0.15, 0.2) is 206 Å². The smallest absolute Gasteiger partial charge is 0.0640 e. The van der Waals surface area contributed by atoms with Gasteiger partial charge in [0, 0.05) is 63.2 Å². The van der Waals surface area contributed by atoms with Crippen molar-refractivity contribution in [2.75, 3.05) is 4.90 Å². The van der Waals surface area contributed by atoms with E-state index in [4.69, 9.17) is 0 Å². The second kappa shape index (κ2) is 13.3. The van der Waals surface area contributed by atoms with Gasteiger partial charge in [0.15, 0.2) is 0 Å². The summed E-state index contributed by atoms with van der Waals surface area (Å²) in [6.45, 7) is 0. The fraction of sp³-hybridized carbons (Fsp3) is 0. The summed E-state index contributed by atoms with van der Waals surface area (Å²) in [5.41, 5.74) is 11.7. The van der Waals surface area contributed by atoms with Crippen molar-refractivity contribution in [3.8, 4) is 27.9 Å². The molecule has 0 amide bonds. The van der Waals surface area contributed by atoms with Gasteiger partial charge in [-0.25, -0.2) is 0 Å². The van der Waals surface area contributed by atoms with Gasteiger partial charge in [-0.15, -0.1) is 22.7 Å². The molecule has 3 aromatic heterocycles. The molecule has 0 atom stereocenters. The summed E-state index contributed by atoms with van der Waals surface area (Å²) in [6, 6.07) is 75.7. The molecule has 0 aliphatic carbocycles. The number of aromatic nitrogens is 1. The van der Waals surface area contributed by atoms with Crippen molar-refractivity contribution in [2.24, 2.45) is 0 Å². The Hall–Kier alpha value is -6.98. The molecule has 0 aliphatic rings. The van der Waals surface area contributed by atoms with Gasteiger partial charge in [0.1, 0.15) is 0 Å². The molecule has 0 saturated heterocycles. The highest BCUT2D eigenvalue weighted by Crippen LogP contribution is 2.48. The van der Waals surface area contributed by atoms with Gasteiger partial charge in [0.05, 0.1) is 32.8 Å². The van der Waals surface area contributed by atoms with E-state index in [0.29, 0.717) is 0 Å². The summed E-state index contributed by atoms with van der Waals surface area (Å²) in [5, 5.41) is 7.65. The first-order valence-electron chi connectivity index (χ1n) is 19.7. The summed E-state index contributed by atoms with van der Waals surface area (Å²) in [5.74, 6) is 0. The first-order valence-corrected chi connectivity index (χ1v) is 21.3. The van der Waals surface area contributed by atoms with E-state index in [9.17, 15) is 0 Å². The minimum atomic E-state index is 1.11. The predicted octanol–water partition coefficient (Wildman–Crippen LogP) is 16.3. The fourth-order valence-electron chi connectivity index (χ4n) is 9.01. The van der Waals surface area contributed by atoms with E-state index in [1.54, 1.807) is 0 Å². The number of hydrogen-bond donors (Lipinski definition) is 0. The molecule has 272 valence electrons. The maximum absolute atomic E-state index is 2.49. The van der Waals surface area contributed by atoms with Crippen LogP contribution in [0.2, 0.25) is 0 Å². The first kappa shape index (κ1) is 33.2. The van der Waals surface area contributed by atoms with Crippen LogP contribution in [0.3, 0.4) is 0 Å². The van der Waals surface area contributed by atoms with Gasteiger partial charge in [-0.2, -0.15) is 0 Å². The standard InChI is InChI=1S/C54H34N2S2/c1-2-15-35(16-3-1)38-17-4-9-23-46(38)55(49-26-14-22-44-42-20-7-13-28-52(42)58-54(44)49)37-30-31-41-40-19-6-11-25-48(40)56(50(41)34-37)47-24-10-5-18-39(47)36-29-32-53-45(33-36)43-21-8-12-27-51(43)57-53/h1-34H. The third kappa shape index (κ3) is 5.16. The average Bonchev–Trinajstić information content (AvgIpc) is 3.96. The van der Waals surface area contributed by atoms with Crippen LogP contribution in [0.4, 0.5) is 17.1 Å². The molecule has 0 bridgehead atoms. The molecular formula is C54H34N2S2. The average molecular weight is 775 g/mol. The molecule has 0 unspecified atom stereocenters. The Bertz CT molecular complexity index is 3530. The zero-order valence-corrected chi connectivity index (χ0v) is 33.0. The number of anilines is 3. The van der Waals surface area contributed by atoms with Crippen molar-refractivity contribution in [2.45, 2.75) is 0 Å². The Morgan fingerprint density at radius 2 is 0.966 bits per heavy atom. The fourth-order valence-corrected chi connectivity index (χ4v) is 11.3. The number of para-hydroxylation sites is 3. The van der Waals surface area contributed by atoms with Gasteiger partial charge >= 0.3 is 0 Å². The quantitative estimate of drug-likeness (QED) is 0.163. The van der Waals surface area contributed by atoms with Gasteiger partial charge in [0.25, 0.3) is 0 Å². The van der Waals surface area contributed by atoms with Gasteiger partial charge in [-0.1, -0.05) is 146 Å². The van der Waals surface area contributed by atoms with Crippen molar-refractivity contribution in [1.82, 2.24) is 4.57 Å². The lowest BCUT2D eigenvalue weighted by molar-refractivity contribution is 1.18. The van der Waals surface area contributed by atoms with Gasteiger partial charge in [0.2, 0.25) is 0 Å². The predicted molar refractivity (Wildman–Crippen MR) is 252 cm³/mol. The summed E-state index contributed by atoms with van der Waals surface area (Å²) in [6.07, 6.45) is 0. The lowest BCUT2D eigenvalue weighted by Gasteiger charge is -2.28. The topological polar surface area (TPSA) is 8.17 Å². The van der Waals surface area contributed by atoms with Gasteiger partial charge < -0.3 is 9.47 Å². The molecule has 12 aromatic rings. The zero-order chi connectivity index (χ0) is 38.2. The van der Waals surface area contributed by atoms with Crippen LogP contribution in [-0.2, 0) is 0 Å². The molecule has 0 radical (unpaired) electrons. The molecule has 12 rings (SSSR count). The zero-order valence-electron chi connectivity index (χ0n) is 31.3. The van der Waals surface area contributed by atoms with E-state index in [0.717, 1.165) is 17.1 Å². The third-order valence-corrected chi connectivity index (χ3v) is 14.0. The number of hydrogen-bond acceptors (Lipinski definition) is 3.